The lowest BCUT2D eigenvalue weighted by Crippen LogP contribution is -1.93. The van der Waals surface area contributed by atoms with Crippen molar-refractivity contribution >= 4 is 10.9 Å². The SMILES string of the molecule is CC(O)c1cccc2cccnc12. The molecule has 1 aromatic heterocycles. The molecular formula is C11H11NO. The molecule has 0 fully saturated rings. The van der Waals surface area contributed by atoms with Crippen LogP contribution in [0.5, 0.6) is 0 Å². The molecule has 2 nitrogen and oxygen atoms in total. The summed E-state index contributed by atoms with van der Waals surface area (Å²) in [6, 6.07) is 9.72. The zero-order valence-corrected chi connectivity index (χ0v) is 7.44. The van der Waals surface area contributed by atoms with Crippen molar-refractivity contribution in [1.29, 1.82) is 0 Å². The summed E-state index contributed by atoms with van der Waals surface area (Å²) in [7, 11) is 0. The minimum atomic E-state index is -0.460. The summed E-state index contributed by atoms with van der Waals surface area (Å²) in [5, 5.41) is 10.6. The minimum Gasteiger partial charge on any atom is -0.389 e. The van der Waals surface area contributed by atoms with Crippen molar-refractivity contribution in [2.45, 2.75) is 13.0 Å². The molecule has 0 aliphatic heterocycles. The highest BCUT2D eigenvalue weighted by molar-refractivity contribution is 5.81. The van der Waals surface area contributed by atoms with E-state index in [1.165, 1.54) is 0 Å². The third-order valence-electron chi connectivity index (χ3n) is 2.11. The van der Waals surface area contributed by atoms with Gasteiger partial charge in [0.2, 0.25) is 0 Å². The molecule has 1 atom stereocenters. The Kier molecular flexibility index (Phi) is 1.99. The van der Waals surface area contributed by atoms with Crippen molar-refractivity contribution < 1.29 is 5.11 Å². The number of pyridine rings is 1. The average molecular weight is 173 g/mol. The lowest BCUT2D eigenvalue weighted by Gasteiger charge is -2.07. The summed E-state index contributed by atoms with van der Waals surface area (Å²) in [6.07, 6.45) is 1.28. The van der Waals surface area contributed by atoms with Crippen molar-refractivity contribution in [1.82, 2.24) is 4.98 Å². The number of fused-ring (bicyclic) bond motifs is 1. The highest BCUT2D eigenvalue weighted by Gasteiger charge is 2.05. The van der Waals surface area contributed by atoms with Crippen molar-refractivity contribution in [3.05, 3.63) is 42.1 Å². The van der Waals surface area contributed by atoms with E-state index in [0.29, 0.717) is 0 Å². The van der Waals surface area contributed by atoms with Gasteiger partial charge in [0.25, 0.3) is 0 Å². The van der Waals surface area contributed by atoms with Crippen molar-refractivity contribution in [3.63, 3.8) is 0 Å². The molecule has 1 aromatic carbocycles. The van der Waals surface area contributed by atoms with E-state index in [1.54, 1.807) is 13.1 Å². The van der Waals surface area contributed by atoms with Crippen LogP contribution in [0.1, 0.15) is 18.6 Å². The average Bonchev–Trinajstić information content (AvgIpc) is 2.17. The van der Waals surface area contributed by atoms with Crippen LogP contribution in [0.3, 0.4) is 0 Å². The number of benzene rings is 1. The van der Waals surface area contributed by atoms with E-state index >= 15 is 0 Å². The molecule has 1 N–H and O–H groups in total. The van der Waals surface area contributed by atoms with Crippen LogP contribution in [0.2, 0.25) is 0 Å². The molecule has 1 heterocycles. The van der Waals surface area contributed by atoms with Crippen LogP contribution in [-0.4, -0.2) is 10.1 Å². The molecule has 2 aromatic rings. The van der Waals surface area contributed by atoms with Crippen molar-refractivity contribution in [2.75, 3.05) is 0 Å². The second kappa shape index (κ2) is 3.15. The van der Waals surface area contributed by atoms with Gasteiger partial charge >= 0.3 is 0 Å². The number of para-hydroxylation sites is 1. The lowest BCUT2D eigenvalue weighted by molar-refractivity contribution is 0.200. The molecule has 0 aliphatic carbocycles. The molecule has 0 bridgehead atoms. The predicted molar refractivity (Wildman–Crippen MR) is 52.4 cm³/mol. The van der Waals surface area contributed by atoms with E-state index in [2.05, 4.69) is 4.98 Å². The first-order valence-electron chi connectivity index (χ1n) is 4.31. The fourth-order valence-electron chi connectivity index (χ4n) is 1.46. The van der Waals surface area contributed by atoms with Gasteiger partial charge in [0, 0.05) is 17.1 Å². The molecule has 0 amide bonds. The van der Waals surface area contributed by atoms with Crippen LogP contribution in [0.25, 0.3) is 10.9 Å². The molecule has 1 unspecified atom stereocenters. The van der Waals surface area contributed by atoms with Gasteiger partial charge in [-0.3, -0.25) is 4.98 Å². The Bertz CT molecular complexity index is 418. The number of aliphatic hydroxyl groups excluding tert-OH is 1. The summed E-state index contributed by atoms with van der Waals surface area (Å²) in [5.41, 5.74) is 1.78. The van der Waals surface area contributed by atoms with E-state index < -0.39 is 6.10 Å². The highest BCUT2D eigenvalue weighted by atomic mass is 16.3. The van der Waals surface area contributed by atoms with Gasteiger partial charge in [0.05, 0.1) is 11.6 Å². The molecule has 0 radical (unpaired) electrons. The molecule has 13 heavy (non-hydrogen) atoms. The van der Waals surface area contributed by atoms with Gasteiger partial charge in [-0.2, -0.15) is 0 Å². The molecule has 0 spiro atoms. The van der Waals surface area contributed by atoms with Crippen molar-refractivity contribution in [3.8, 4) is 0 Å². The molecule has 66 valence electrons. The third kappa shape index (κ3) is 1.40. The summed E-state index contributed by atoms with van der Waals surface area (Å²) < 4.78 is 0. The summed E-state index contributed by atoms with van der Waals surface area (Å²) in [4.78, 5) is 4.24. The topological polar surface area (TPSA) is 33.1 Å². The molecular weight excluding hydrogens is 162 g/mol. The predicted octanol–water partition coefficient (Wildman–Crippen LogP) is 2.29. The standard InChI is InChI=1S/C11H11NO/c1-8(13)10-6-2-4-9-5-3-7-12-11(9)10/h2-8,13H,1H3. The van der Waals surface area contributed by atoms with Crippen LogP contribution >= 0.6 is 0 Å². The molecule has 2 rings (SSSR count). The van der Waals surface area contributed by atoms with Crippen LogP contribution in [0.4, 0.5) is 0 Å². The molecule has 0 saturated carbocycles. The Morgan fingerprint density at radius 2 is 2.00 bits per heavy atom. The van der Waals surface area contributed by atoms with Gasteiger partial charge < -0.3 is 5.11 Å². The normalized spacial score (nSPS) is 13.1. The number of rotatable bonds is 1. The number of aliphatic hydroxyl groups is 1. The zero-order valence-electron chi connectivity index (χ0n) is 7.44. The number of hydrogen-bond donors (Lipinski definition) is 1. The van der Waals surface area contributed by atoms with Gasteiger partial charge in [-0.05, 0) is 13.0 Å². The molecule has 0 saturated heterocycles. The fraction of sp³-hybridized carbons (Fsp3) is 0.182. The number of aromatic nitrogens is 1. The maximum atomic E-state index is 9.48. The second-order valence-electron chi connectivity index (χ2n) is 3.10. The second-order valence-corrected chi connectivity index (χ2v) is 3.10. The third-order valence-corrected chi connectivity index (χ3v) is 2.11. The first-order valence-corrected chi connectivity index (χ1v) is 4.31. The largest absolute Gasteiger partial charge is 0.389 e. The molecule has 0 aliphatic rings. The minimum absolute atomic E-state index is 0.460. The highest BCUT2D eigenvalue weighted by Crippen LogP contribution is 2.21. The lowest BCUT2D eigenvalue weighted by atomic mass is 10.1. The van der Waals surface area contributed by atoms with E-state index in [0.717, 1.165) is 16.5 Å². The molecule has 2 heteroatoms. The Balaban J connectivity index is 2.76. The summed E-state index contributed by atoms with van der Waals surface area (Å²) in [6.45, 7) is 1.75. The van der Waals surface area contributed by atoms with Crippen LogP contribution in [0, 0.1) is 0 Å². The van der Waals surface area contributed by atoms with Gasteiger partial charge in [-0.25, -0.2) is 0 Å². The smallest absolute Gasteiger partial charge is 0.0783 e. The maximum Gasteiger partial charge on any atom is 0.0783 e. The number of hydrogen-bond acceptors (Lipinski definition) is 2. The van der Waals surface area contributed by atoms with Crippen molar-refractivity contribution in [2.24, 2.45) is 0 Å². The van der Waals surface area contributed by atoms with E-state index in [1.807, 2.05) is 30.3 Å². The first-order chi connectivity index (χ1) is 6.29. The maximum absolute atomic E-state index is 9.48. The zero-order chi connectivity index (χ0) is 9.26. The van der Waals surface area contributed by atoms with Crippen LogP contribution < -0.4 is 0 Å². The van der Waals surface area contributed by atoms with E-state index in [-0.39, 0.29) is 0 Å². The Morgan fingerprint density at radius 3 is 2.77 bits per heavy atom. The monoisotopic (exact) mass is 173 g/mol. The van der Waals surface area contributed by atoms with E-state index in [9.17, 15) is 5.11 Å². The van der Waals surface area contributed by atoms with Gasteiger partial charge in [0.15, 0.2) is 0 Å². The van der Waals surface area contributed by atoms with Crippen LogP contribution in [-0.2, 0) is 0 Å². The Labute approximate surface area is 76.9 Å². The quantitative estimate of drug-likeness (QED) is 0.717. The van der Waals surface area contributed by atoms with Gasteiger partial charge in [0.1, 0.15) is 0 Å². The van der Waals surface area contributed by atoms with Crippen LogP contribution in [0.15, 0.2) is 36.5 Å². The Hall–Kier alpha value is -1.41. The summed E-state index contributed by atoms with van der Waals surface area (Å²) in [5.74, 6) is 0. The van der Waals surface area contributed by atoms with Gasteiger partial charge in [-0.1, -0.05) is 24.3 Å². The van der Waals surface area contributed by atoms with Gasteiger partial charge in [-0.15, -0.1) is 0 Å². The summed E-state index contributed by atoms with van der Waals surface area (Å²) >= 11 is 0. The fourth-order valence-corrected chi connectivity index (χ4v) is 1.46. The first kappa shape index (κ1) is 8.20. The Morgan fingerprint density at radius 1 is 1.23 bits per heavy atom. The number of nitrogens with zero attached hydrogens (tertiary/aromatic N) is 1. The van der Waals surface area contributed by atoms with E-state index in [4.69, 9.17) is 0 Å².